The van der Waals surface area contributed by atoms with Gasteiger partial charge in [0.15, 0.2) is 0 Å². The summed E-state index contributed by atoms with van der Waals surface area (Å²) >= 11 is 5.89. The first-order valence-corrected chi connectivity index (χ1v) is 9.97. The number of aromatic nitrogens is 2. The van der Waals surface area contributed by atoms with Gasteiger partial charge >= 0.3 is 0 Å². The highest BCUT2D eigenvalue weighted by molar-refractivity contribution is 6.31. The van der Waals surface area contributed by atoms with Gasteiger partial charge in [-0.25, -0.2) is 9.37 Å². The van der Waals surface area contributed by atoms with Crippen molar-refractivity contribution < 1.29 is 4.39 Å². The van der Waals surface area contributed by atoms with Crippen LogP contribution in [0, 0.1) is 11.7 Å². The van der Waals surface area contributed by atoms with Crippen molar-refractivity contribution in [1.82, 2.24) is 14.5 Å². The molecule has 0 amide bonds. The van der Waals surface area contributed by atoms with E-state index in [-0.39, 0.29) is 16.6 Å². The van der Waals surface area contributed by atoms with Crippen molar-refractivity contribution in [2.24, 2.45) is 5.92 Å². The normalized spacial score (nSPS) is 19.8. The minimum Gasteiger partial charge on any atom is -0.295 e. The number of likely N-dealkylation sites (tertiary alicyclic amines) is 1. The van der Waals surface area contributed by atoms with Crippen molar-refractivity contribution in [3.05, 3.63) is 39.2 Å². The Morgan fingerprint density at radius 2 is 2.15 bits per heavy atom. The molecule has 1 aliphatic rings. The van der Waals surface area contributed by atoms with Gasteiger partial charge in [0.1, 0.15) is 11.6 Å². The van der Waals surface area contributed by atoms with Crippen LogP contribution in [0.1, 0.15) is 58.3 Å². The fraction of sp³-hybridized carbons (Fsp3) is 0.600. The average Bonchev–Trinajstić information content (AvgIpc) is 2.61. The summed E-state index contributed by atoms with van der Waals surface area (Å²) in [5, 5.41) is 0.339. The molecule has 6 heteroatoms. The average molecular weight is 380 g/mol. The molecule has 0 N–H and O–H groups in total. The summed E-state index contributed by atoms with van der Waals surface area (Å²) in [6.07, 6.45) is 4.34. The van der Waals surface area contributed by atoms with E-state index >= 15 is 0 Å². The van der Waals surface area contributed by atoms with Gasteiger partial charge in [0, 0.05) is 19.2 Å². The fourth-order valence-corrected chi connectivity index (χ4v) is 4.21. The minimum atomic E-state index is -0.537. The van der Waals surface area contributed by atoms with Gasteiger partial charge in [-0.05, 0) is 44.7 Å². The molecule has 2 aromatic rings. The fourth-order valence-electron chi connectivity index (χ4n) is 4.05. The Balaban J connectivity index is 2.16. The first-order valence-electron chi connectivity index (χ1n) is 9.59. The third-order valence-electron chi connectivity index (χ3n) is 5.33. The monoisotopic (exact) mass is 379 g/mol. The zero-order chi connectivity index (χ0) is 18.8. The van der Waals surface area contributed by atoms with Crippen molar-refractivity contribution in [1.29, 1.82) is 0 Å². The topological polar surface area (TPSA) is 38.1 Å². The molecule has 1 aromatic heterocycles. The van der Waals surface area contributed by atoms with Gasteiger partial charge in [-0.1, -0.05) is 31.9 Å². The van der Waals surface area contributed by atoms with Crippen molar-refractivity contribution in [2.45, 2.75) is 59.0 Å². The highest BCUT2D eigenvalue weighted by atomic mass is 35.5. The molecule has 0 spiro atoms. The molecule has 1 aromatic carbocycles. The van der Waals surface area contributed by atoms with E-state index in [4.69, 9.17) is 16.6 Å². The standard InChI is InChI=1S/C20H27ClFN3O/c1-4-7-18(24-9-6-8-13(3)12-24)19-23-17-11-16(22)15(21)10-14(17)20(26)25(19)5-2/h10-11,13,18H,4-9,12H2,1-3H3/t13-,18+/m1/s1. The molecule has 2 atom stereocenters. The molecule has 0 radical (unpaired) electrons. The summed E-state index contributed by atoms with van der Waals surface area (Å²) in [6, 6.07) is 2.76. The molecular formula is C20H27ClFN3O. The van der Waals surface area contributed by atoms with E-state index in [0.717, 1.165) is 38.2 Å². The lowest BCUT2D eigenvalue weighted by atomic mass is 9.97. The number of rotatable bonds is 5. The van der Waals surface area contributed by atoms with E-state index in [2.05, 4.69) is 18.7 Å². The predicted molar refractivity (Wildman–Crippen MR) is 104 cm³/mol. The third-order valence-corrected chi connectivity index (χ3v) is 5.62. The maximum absolute atomic E-state index is 14.0. The van der Waals surface area contributed by atoms with E-state index in [1.54, 1.807) is 4.57 Å². The Morgan fingerprint density at radius 3 is 2.81 bits per heavy atom. The Kier molecular flexibility index (Phi) is 5.98. The lowest BCUT2D eigenvalue weighted by Crippen LogP contribution is -2.40. The molecule has 4 nitrogen and oxygen atoms in total. The SMILES string of the molecule is CCC[C@@H](c1nc2cc(F)c(Cl)cc2c(=O)n1CC)N1CCC[C@@H](C)C1. The van der Waals surface area contributed by atoms with E-state index < -0.39 is 5.82 Å². The van der Waals surface area contributed by atoms with Gasteiger partial charge in [-0.2, -0.15) is 0 Å². The maximum atomic E-state index is 14.0. The van der Waals surface area contributed by atoms with Crippen LogP contribution in [0.3, 0.4) is 0 Å². The lowest BCUT2D eigenvalue weighted by Gasteiger charge is -2.37. The van der Waals surface area contributed by atoms with Crippen molar-refractivity contribution in [3.63, 3.8) is 0 Å². The van der Waals surface area contributed by atoms with Crippen molar-refractivity contribution >= 4 is 22.5 Å². The quantitative estimate of drug-likeness (QED) is 0.750. The van der Waals surface area contributed by atoms with Crippen LogP contribution in [0.2, 0.25) is 5.02 Å². The molecular weight excluding hydrogens is 353 g/mol. The van der Waals surface area contributed by atoms with Gasteiger partial charge in [0.05, 0.1) is 22.0 Å². The number of hydrogen-bond donors (Lipinski definition) is 0. The second-order valence-corrected chi connectivity index (χ2v) is 7.76. The Bertz CT molecular complexity index is 851. The van der Waals surface area contributed by atoms with Gasteiger partial charge in [-0.15, -0.1) is 0 Å². The molecule has 3 rings (SSSR count). The van der Waals surface area contributed by atoms with Crippen LogP contribution in [-0.4, -0.2) is 27.5 Å². The molecule has 142 valence electrons. The summed E-state index contributed by atoms with van der Waals surface area (Å²) in [5.41, 5.74) is 0.253. The van der Waals surface area contributed by atoms with Crippen LogP contribution in [0.15, 0.2) is 16.9 Å². The van der Waals surface area contributed by atoms with E-state index in [0.29, 0.717) is 23.4 Å². The van der Waals surface area contributed by atoms with Gasteiger partial charge in [0.25, 0.3) is 5.56 Å². The van der Waals surface area contributed by atoms with Crippen molar-refractivity contribution in [3.8, 4) is 0 Å². The van der Waals surface area contributed by atoms with Crippen LogP contribution in [0.4, 0.5) is 4.39 Å². The Morgan fingerprint density at radius 1 is 1.38 bits per heavy atom. The molecule has 0 unspecified atom stereocenters. The molecule has 0 saturated carbocycles. The summed E-state index contributed by atoms with van der Waals surface area (Å²) in [4.78, 5) is 20.2. The first-order chi connectivity index (χ1) is 12.5. The van der Waals surface area contributed by atoms with Gasteiger partial charge in [0.2, 0.25) is 0 Å². The van der Waals surface area contributed by atoms with Crippen molar-refractivity contribution in [2.75, 3.05) is 13.1 Å². The Labute approximate surface area is 159 Å². The summed E-state index contributed by atoms with van der Waals surface area (Å²) in [6.45, 7) is 8.93. The second kappa shape index (κ2) is 8.05. The number of hydrogen-bond acceptors (Lipinski definition) is 3. The highest BCUT2D eigenvalue weighted by Gasteiger charge is 2.28. The zero-order valence-electron chi connectivity index (χ0n) is 15.8. The maximum Gasteiger partial charge on any atom is 0.261 e. The Hall–Kier alpha value is -1.46. The predicted octanol–water partition coefficient (Wildman–Crippen LogP) is 4.78. The molecule has 26 heavy (non-hydrogen) atoms. The number of fused-ring (bicyclic) bond motifs is 1. The largest absolute Gasteiger partial charge is 0.295 e. The summed E-state index contributed by atoms with van der Waals surface area (Å²) < 4.78 is 15.7. The van der Waals surface area contributed by atoms with Crippen LogP contribution in [-0.2, 0) is 6.54 Å². The third kappa shape index (κ3) is 3.65. The first kappa shape index (κ1) is 19.3. The highest BCUT2D eigenvalue weighted by Crippen LogP contribution is 2.30. The molecule has 1 fully saturated rings. The minimum absolute atomic E-state index is 0.0400. The molecule has 1 saturated heterocycles. The van der Waals surface area contributed by atoms with Gasteiger partial charge < -0.3 is 0 Å². The lowest BCUT2D eigenvalue weighted by molar-refractivity contribution is 0.115. The summed E-state index contributed by atoms with van der Waals surface area (Å²) in [7, 11) is 0. The number of piperidine rings is 1. The smallest absolute Gasteiger partial charge is 0.261 e. The molecule has 0 bridgehead atoms. The van der Waals surface area contributed by atoms with Crippen LogP contribution in [0.5, 0.6) is 0 Å². The zero-order valence-corrected chi connectivity index (χ0v) is 16.5. The van der Waals surface area contributed by atoms with Gasteiger partial charge in [-0.3, -0.25) is 14.3 Å². The molecule has 2 heterocycles. The second-order valence-electron chi connectivity index (χ2n) is 7.35. The van der Waals surface area contributed by atoms with E-state index in [1.807, 2.05) is 6.92 Å². The van der Waals surface area contributed by atoms with Crippen LogP contribution in [0.25, 0.3) is 10.9 Å². The number of halogens is 2. The number of nitrogens with zero attached hydrogens (tertiary/aromatic N) is 3. The van der Waals surface area contributed by atoms with E-state index in [9.17, 15) is 9.18 Å². The number of benzene rings is 1. The van der Waals surface area contributed by atoms with Crippen LogP contribution < -0.4 is 5.56 Å². The van der Waals surface area contributed by atoms with E-state index in [1.165, 1.54) is 18.6 Å². The summed E-state index contributed by atoms with van der Waals surface area (Å²) in [5.74, 6) is 0.856. The van der Waals surface area contributed by atoms with Crippen LogP contribution >= 0.6 is 11.6 Å². The molecule has 1 aliphatic heterocycles. The molecule has 0 aliphatic carbocycles.